The number of aromatic amines is 2. The van der Waals surface area contributed by atoms with Gasteiger partial charge in [0, 0.05) is 23.2 Å². The van der Waals surface area contributed by atoms with Gasteiger partial charge in [0.25, 0.3) is 0 Å². The van der Waals surface area contributed by atoms with Crippen LogP contribution in [0.2, 0.25) is 0 Å². The number of aromatic nitrogens is 2. The van der Waals surface area contributed by atoms with Crippen LogP contribution in [0.4, 0.5) is 8.78 Å². The summed E-state index contributed by atoms with van der Waals surface area (Å²) in [5.74, 6) is -1.48. The number of fused-ring (bicyclic) bond motifs is 2. The largest absolute Gasteiger partial charge is 0.537 e. The highest BCUT2D eigenvalue weighted by atomic mass is 31.3. The fraction of sp³-hybridized carbons (Fsp3) is 0. The molecule has 0 fully saturated rings. The summed E-state index contributed by atoms with van der Waals surface area (Å²) >= 11 is 0. The zero-order chi connectivity index (χ0) is 20.8. The van der Waals surface area contributed by atoms with Crippen molar-refractivity contribution in [2.75, 3.05) is 0 Å². The van der Waals surface area contributed by atoms with Crippen LogP contribution < -0.4 is 9.05 Å². The van der Waals surface area contributed by atoms with E-state index in [1.165, 1.54) is 12.1 Å². The molecular weight excluding hydrogens is 432 g/mol. The lowest BCUT2D eigenvalue weighted by atomic mass is 10.2. The van der Waals surface area contributed by atoms with Gasteiger partial charge in [0.15, 0.2) is 11.5 Å². The van der Waals surface area contributed by atoms with Crippen molar-refractivity contribution >= 4 is 37.5 Å². The lowest BCUT2D eigenvalue weighted by molar-refractivity contribution is 0.235. The summed E-state index contributed by atoms with van der Waals surface area (Å²) in [6.45, 7) is 0. The van der Waals surface area contributed by atoms with Gasteiger partial charge in [0.2, 0.25) is 0 Å². The van der Waals surface area contributed by atoms with Crippen molar-refractivity contribution in [1.82, 2.24) is 9.97 Å². The number of phosphoric ester groups is 2. The standard InChI is InChI=1S/C16H12F2N2O7P2/c17-9-1-3-11-13(5-9)19-7-15(11)25-28(21,22)27-29(23,24)26-16-8-20-14-6-10(18)2-4-12(14)16/h1-8,19-20H,(H,21,22)(H,23,24). The zero-order valence-electron chi connectivity index (χ0n) is 14.2. The Kier molecular flexibility index (Phi) is 4.72. The molecule has 4 aromatic rings. The molecule has 152 valence electrons. The highest BCUT2D eigenvalue weighted by Crippen LogP contribution is 2.60. The Morgan fingerprint density at radius 1 is 0.759 bits per heavy atom. The first-order valence-corrected chi connectivity index (χ1v) is 10.9. The quantitative estimate of drug-likeness (QED) is 0.319. The predicted octanol–water partition coefficient (Wildman–Crippen LogP) is 4.60. The Balaban J connectivity index is 1.54. The van der Waals surface area contributed by atoms with Crippen molar-refractivity contribution in [2.24, 2.45) is 0 Å². The van der Waals surface area contributed by atoms with Gasteiger partial charge in [0.1, 0.15) is 11.6 Å². The molecule has 4 rings (SSSR count). The highest BCUT2D eigenvalue weighted by molar-refractivity contribution is 7.61. The number of nitrogens with one attached hydrogen (secondary N) is 2. The Labute approximate surface area is 161 Å². The third-order valence-electron chi connectivity index (χ3n) is 3.85. The Bertz CT molecular complexity index is 1220. The number of benzene rings is 2. The van der Waals surface area contributed by atoms with Crippen LogP contribution >= 0.6 is 15.6 Å². The topological polar surface area (TPSA) is 134 Å². The van der Waals surface area contributed by atoms with Crippen molar-refractivity contribution in [1.29, 1.82) is 0 Å². The lowest BCUT2D eigenvalue weighted by Gasteiger charge is -2.16. The summed E-state index contributed by atoms with van der Waals surface area (Å²) in [5.41, 5.74) is 0.545. The van der Waals surface area contributed by atoms with Crippen molar-refractivity contribution in [3.8, 4) is 11.5 Å². The van der Waals surface area contributed by atoms with Crippen LogP contribution in [-0.2, 0) is 13.4 Å². The molecule has 2 atom stereocenters. The smallest absolute Gasteiger partial charge is 0.402 e. The SMILES string of the molecule is O=P(O)(Oc1c[nH]c2cc(F)ccc12)OP(=O)(O)Oc1c[nH]c2cc(F)ccc12. The number of hydrogen-bond donors (Lipinski definition) is 4. The molecule has 2 heterocycles. The van der Waals surface area contributed by atoms with Gasteiger partial charge in [-0.2, -0.15) is 4.31 Å². The molecule has 0 saturated heterocycles. The predicted molar refractivity (Wildman–Crippen MR) is 98.5 cm³/mol. The van der Waals surface area contributed by atoms with E-state index in [2.05, 4.69) is 14.3 Å². The molecular formula is C16H12F2N2O7P2. The summed E-state index contributed by atoms with van der Waals surface area (Å²) < 4.78 is 64.8. The van der Waals surface area contributed by atoms with Crippen LogP contribution in [0.5, 0.6) is 11.5 Å². The van der Waals surface area contributed by atoms with Crippen LogP contribution in [-0.4, -0.2) is 19.8 Å². The maximum Gasteiger partial charge on any atom is 0.537 e. The highest BCUT2D eigenvalue weighted by Gasteiger charge is 2.38. The molecule has 2 aromatic carbocycles. The number of H-pyrrole nitrogens is 2. The summed E-state index contributed by atoms with van der Waals surface area (Å²) in [7, 11) is -10.3. The van der Waals surface area contributed by atoms with Gasteiger partial charge in [-0.1, -0.05) is 0 Å². The van der Waals surface area contributed by atoms with Crippen molar-refractivity contribution in [3.63, 3.8) is 0 Å². The summed E-state index contributed by atoms with van der Waals surface area (Å²) in [6.07, 6.45) is 2.32. The Hall–Kier alpha value is -2.68. The molecule has 9 nitrogen and oxygen atoms in total. The van der Waals surface area contributed by atoms with Crippen LogP contribution in [0.25, 0.3) is 21.8 Å². The molecule has 29 heavy (non-hydrogen) atoms. The second-order valence-electron chi connectivity index (χ2n) is 5.89. The van der Waals surface area contributed by atoms with Gasteiger partial charge in [-0.05, 0) is 36.4 Å². The second-order valence-corrected chi connectivity index (χ2v) is 8.78. The molecule has 0 spiro atoms. The molecule has 0 radical (unpaired) electrons. The number of rotatable bonds is 6. The van der Waals surface area contributed by atoms with E-state index in [1.807, 2.05) is 0 Å². The average molecular weight is 444 g/mol. The van der Waals surface area contributed by atoms with E-state index >= 15 is 0 Å². The molecule has 0 bridgehead atoms. The summed E-state index contributed by atoms with van der Waals surface area (Å²) in [6, 6.07) is 7.04. The normalized spacial score (nSPS) is 15.9. The minimum atomic E-state index is -5.13. The molecule has 0 aliphatic carbocycles. The first-order chi connectivity index (χ1) is 13.6. The average Bonchev–Trinajstić information content (AvgIpc) is 3.16. The monoisotopic (exact) mass is 444 g/mol. The van der Waals surface area contributed by atoms with Crippen LogP contribution in [0, 0.1) is 11.6 Å². The maximum atomic E-state index is 13.2. The number of phosphoric acid groups is 2. The van der Waals surface area contributed by atoms with Gasteiger partial charge >= 0.3 is 15.6 Å². The van der Waals surface area contributed by atoms with Crippen molar-refractivity contribution in [3.05, 3.63) is 60.4 Å². The van der Waals surface area contributed by atoms with E-state index in [1.54, 1.807) is 0 Å². The molecule has 4 N–H and O–H groups in total. The van der Waals surface area contributed by atoms with Crippen LogP contribution in [0.1, 0.15) is 0 Å². The third-order valence-corrected chi connectivity index (χ3v) is 6.35. The van der Waals surface area contributed by atoms with E-state index < -0.39 is 27.3 Å². The third kappa shape index (κ3) is 4.19. The van der Waals surface area contributed by atoms with Gasteiger partial charge in [-0.25, -0.2) is 17.9 Å². The van der Waals surface area contributed by atoms with E-state index in [4.69, 9.17) is 9.05 Å². The lowest BCUT2D eigenvalue weighted by Crippen LogP contribution is -2.00. The summed E-state index contributed by atoms with van der Waals surface area (Å²) in [4.78, 5) is 25.0. The van der Waals surface area contributed by atoms with Gasteiger partial charge < -0.3 is 19.0 Å². The second kappa shape index (κ2) is 6.98. The van der Waals surface area contributed by atoms with Crippen LogP contribution in [0.15, 0.2) is 48.8 Å². The molecule has 0 amide bonds. The summed E-state index contributed by atoms with van der Waals surface area (Å²) in [5, 5.41) is 0.494. The molecule has 0 aliphatic rings. The molecule has 2 unspecified atom stereocenters. The van der Waals surface area contributed by atoms with E-state index in [0.29, 0.717) is 0 Å². The van der Waals surface area contributed by atoms with E-state index in [-0.39, 0.29) is 33.3 Å². The van der Waals surface area contributed by atoms with E-state index in [9.17, 15) is 27.7 Å². The van der Waals surface area contributed by atoms with E-state index in [0.717, 1.165) is 36.7 Å². The zero-order valence-corrected chi connectivity index (χ0v) is 16.0. The van der Waals surface area contributed by atoms with Crippen LogP contribution in [0.3, 0.4) is 0 Å². The number of hydrogen-bond acceptors (Lipinski definition) is 5. The molecule has 13 heteroatoms. The maximum absolute atomic E-state index is 13.2. The fourth-order valence-corrected chi connectivity index (χ4v) is 4.82. The first kappa shape index (κ1) is 19.6. The van der Waals surface area contributed by atoms with Gasteiger partial charge in [0.05, 0.1) is 11.0 Å². The Morgan fingerprint density at radius 2 is 1.17 bits per heavy atom. The van der Waals surface area contributed by atoms with Crippen molar-refractivity contribution in [2.45, 2.75) is 0 Å². The van der Waals surface area contributed by atoms with Gasteiger partial charge in [-0.15, -0.1) is 0 Å². The fourth-order valence-electron chi connectivity index (χ4n) is 2.71. The minimum Gasteiger partial charge on any atom is -0.402 e. The molecule has 0 saturated carbocycles. The molecule has 0 aliphatic heterocycles. The van der Waals surface area contributed by atoms with Crippen molar-refractivity contribution < 1.29 is 41.1 Å². The first-order valence-electron chi connectivity index (χ1n) is 7.91. The number of halogens is 2. The Morgan fingerprint density at radius 3 is 1.59 bits per heavy atom. The minimum absolute atomic E-state index is 0.201. The molecule has 2 aromatic heterocycles. The van der Waals surface area contributed by atoms with Gasteiger partial charge in [-0.3, -0.25) is 9.79 Å².